The minimum Gasteiger partial charge on any atom is -0.455 e. The SMILES string of the molecule is Cc1cccc(Oc2ccccc2NC(=O)CSC(c2ccccc2)c2ccc(Cl)cc2)c1. The Hall–Kier alpha value is -3.21. The summed E-state index contributed by atoms with van der Waals surface area (Å²) < 4.78 is 6.03. The summed E-state index contributed by atoms with van der Waals surface area (Å²) in [5.41, 5.74) is 4.00. The third kappa shape index (κ3) is 6.41. The Kier molecular flexibility index (Phi) is 7.71. The molecule has 0 spiro atoms. The molecule has 0 aliphatic carbocycles. The summed E-state index contributed by atoms with van der Waals surface area (Å²) in [5, 5.41) is 3.72. The Morgan fingerprint density at radius 2 is 1.58 bits per heavy atom. The maximum atomic E-state index is 12.9. The fraction of sp³-hybridized carbons (Fsp3) is 0.107. The Bertz CT molecular complexity index is 1210. The smallest absolute Gasteiger partial charge is 0.234 e. The number of halogens is 1. The van der Waals surface area contributed by atoms with E-state index < -0.39 is 0 Å². The summed E-state index contributed by atoms with van der Waals surface area (Å²) in [6, 6.07) is 33.3. The van der Waals surface area contributed by atoms with Gasteiger partial charge in [-0.2, -0.15) is 0 Å². The third-order valence-corrected chi connectivity index (χ3v) is 6.59. The number of ether oxygens (including phenoxy) is 1. The second-order valence-corrected chi connectivity index (χ2v) is 9.15. The molecule has 33 heavy (non-hydrogen) atoms. The lowest BCUT2D eigenvalue weighted by Gasteiger charge is -2.18. The van der Waals surface area contributed by atoms with E-state index in [0.29, 0.717) is 22.2 Å². The number of hydrogen-bond acceptors (Lipinski definition) is 3. The van der Waals surface area contributed by atoms with E-state index in [2.05, 4.69) is 17.4 Å². The average Bonchev–Trinajstić information content (AvgIpc) is 2.82. The molecule has 1 N–H and O–H groups in total. The van der Waals surface area contributed by atoms with E-state index in [4.69, 9.17) is 16.3 Å². The Morgan fingerprint density at radius 3 is 2.33 bits per heavy atom. The van der Waals surface area contributed by atoms with E-state index in [0.717, 1.165) is 22.4 Å². The van der Waals surface area contributed by atoms with Crippen LogP contribution < -0.4 is 10.1 Å². The van der Waals surface area contributed by atoms with Crippen LogP contribution in [0.1, 0.15) is 21.9 Å². The van der Waals surface area contributed by atoms with Gasteiger partial charge in [-0.25, -0.2) is 0 Å². The molecule has 0 aromatic heterocycles. The van der Waals surface area contributed by atoms with Crippen LogP contribution in [-0.4, -0.2) is 11.7 Å². The topological polar surface area (TPSA) is 38.3 Å². The molecule has 0 aliphatic heterocycles. The number of para-hydroxylation sites is 2. The van der Waals surface area contributed by atoms with Crippen LogP contribution in [0.15, 0.2) is 103 Å². The number of nitrogens with one attached hydrogen (secondary N) is 1. The molecule has 0 fully saturated rings. The molecule has 166 valence electrons. The Balaban J connectivity index is 1.46. The van der Waals surface area contributed by atoms with Gasteiger partial charge < -0.3 is 10.1 Å². The molecule has 0 saturated heterocycles. The Morgan fingerprint density at radius 1 is 0.879 bits per heavy atom. The van der Waals surface area contributed by atoms with Crippen LogP contribution in [0.5, 0.6) is 11.5 Å². The zero-order valence-corrected chi connectivity index (χ0v) is 19.8. The number of rotatable bonds is 8. The van der Waals surface area contributed by atoms with Crippen LogP contribution in [0.2, 0.25) is 5.02 Å². The molecule has 4 aromatic rings. The molecule has 0 saturated carbocycles. The second-order valence-electron chi connectivity index (χ2n) is 7.62. The van der Waals surface area contributed by atoms with Gasteiger partial charge in [0.25, 0.3) is 0 Å². The highest BCUT2D eigenvalue weighted by Crippen LogP contribution is 2.36. The number of carbonyl (C=O) groups excluding carboxylic acids is 1. The third-order valence-electron chi connectivity index (χ3n) is 5.03. The maximum absolute atomic E-state index is 12.9. The Labute approximate surface area is 203 Å². The van der Waals surface area contributed by atoms with Crippen molar-refractivity contribution >= 4 is 35.0 Å². The first-order chi connectivity index (χ1) is 16.1. The van der Waals surface area contributed by atoms with Crippen LogP contribution in [0.3, 0.4) is 0 Å². The normalized spacial score (nSPS) is 11.6. The van der Waals surface area contributed by atoms with Gasteiger partial charge in [0.05, 0.1) is 16.7 Å². The van der Waals surface area contributed by atoms with Crippen molar-refractivity contribution in [2.24, 2.45) is 0 Å². The number of hydrogen-bond donors (Lipinski definition) is 1. The number of amides is 1. The number of thioether (sulfide) groups is 1. The fourth-order valence-corrected chi connectivity index (χ4v) is 4.68. The quantitative estimate of drug-likeness (QED) is 0.282. The second kappa shape index (κ2) is 11.1. The lowest BCUT2D eigenvalue weighted by atomic mass is 10.0. The van der Waals surface area contributed by atoms with Gasteiger partial charge in [-0.05, 0) is 60.0 Å². The van der Waals surface area contributed by atoms with Gasteiger partial charge in [0.15, 0.2) is 5.75 Å². The molecule has 5 heteroatoms. The summed E-state index contributed by atoms with van der Waals surface area (Å²) >= 11 is 7.66. The molecule has 4 rings (SSSR count). The van der Waals surface area contributed by atoms with Crippen molar-refractivity contribution in [1.29, 1.82) is 0 Å². The van der Waals surface area contributed by atoms with Crippen LogP contribution >= 0.6 is 23.4 Å². The van der Waals surface area contributed by atoms with E-state index in [1.165, 1.54) is 0 Å². The number of aryl methyl sites for hydroxylation is 1. The van der Waals surface area contributed by atoms with Crippen LogP contribution in [0, 0.1) is 6.92 Å². The summed E-state index contributed by atoms with van der Waals surface area (Å²) in [6.07, 6.45) is 0. The number of benzene rings is 4. The first-order valence-electron chi connectivity index (χ1n) is 10.6. The van der Waals surface area contributed by atoms with Gasteiger partial charge in [0.1, 0.15) is 5.75 Å². The molecule has 3 nitrogen and oxygen atoms in total. The van der Waals surface area contributed by atoms with Crippen molar-refractivity contribution in [2.45, 2.75) is 12.2 Å². The van der Waals surface area contributed by atoms with Crippen LogP contribution in [-0.2, 0) is 4.79 Å². The van der Waals surface area contributed by atoms with Crippen molar-refractivity contribution in [1.82, 2.24) is 0 Å². The predicted octanol–water partition coefficient (Wildman–Crippen LogP) is 7.90. The highest BCUT2D eigenvalue weighted by atomic mass is 35.5. The first kappa shape index (κ1) is 23.0. The molecule has 1 unspecified atom stereocenters. The fourth-order valence-electron chi connectivity index (χ4n) is 3.46. The summed E-state index contributed by atoms with van der Waals surface area (Å²) in [5.74, 6) is 1.55. The largest absolute Gasteiger partial charge is 0.455 e. The molecular weight excluding hydrogens is 450 g/mol. The minimum absolute atomic E-state index is 0.0213. The molecule has 0 radical (unpaired) electrons. The lowest BCUT2D eigenvalue weighted by molar-refractivity contribution is -0.113. The molecule has 0 heterocycles. The van der Waals surface area contributed by atoms with Gasteiger partial charge in [-0.3, -0.25) is 4.79 Å². The molecule has 1 amide bonds. The van der Waals surface area contributed by atoms with Crippen molar-refractivity contribution in [2.75, 3.05) is 11.1 Å². The molecule has 1 atom stereocenters. The standard InChI is InChI=1S/C28H24ClNO2S/c1-20-8-7-11-24(18-20)32-26-13-6-5-12-25(26)30-27(31)19-33-28(21-9-3-2-4-10-21)22-14-16-23(29)17-15-22/h2-18,28H,19H2,1H3,(H,30,31). The highest BCUT2D eigenvalue weighted by Gasteiger charge is 2.17. The van der Waals surface area contributed by atoms with Gasteiger partial charge in [-0.15, -0.1) is 11.8 Å². The molecule has 4 aromatic carbocycles. The zero-order chi connectivity index (χ0) is 23.0. The molecular formula is C28H24ClNO2S. The van der Waals surface area contributed by atoms with E-state index >= 15 is 0 Å². The summed E-state index contributed by atoms with van der Waals surface area (Å²) in [4.78, 5) is 12.9. The van der Waals surface area contributed by atoms with Crippen molar-refractivity contribution in [3.8, 4) is 11.5 Å². The average molecular weight is 474 g/mol. The van der Waals surface area contributed by atoms with E-state index in [-0.39, 0.29) is 11.2 Å². The van der Waals surface area contributed by atoms with Crippen LogP contribution in [0.25, 0.3) is 0 Å². The van der Waals surface area contributed by atoms with Gasteiger partial charge >= 0.3 is 0 Å². The van der Waals surface area contributed by atoms with Crippen molar-refractivity contribution < 1.29 is 9.53 Å². The van der Waals surface area contributed by atoms with Crippen LogP contribution in [0.4, 0.5) is 5.69 Å². The lowest BCUT2D eigenvalue weighted by Crippen LogP contribution is -2.15. The van der Waals surface area contributed by atoms with Gasteiger partial charge in [0, 0.05) is 5.02 Å². The van der Waals surface area contributed by atoms with E-state index in [9.17, 15) is 4.79 Å². The predicted molar refractivity (Wildman–Crippen MR) is 139 cm³/mol. The zero-order valence-electron chi connectivity index (χ0n) is 18.2. The molecule has 0 aliphatic rings. The van der Waals surface area contributed by atoms with E-state index in [1.54, 1.807) is 11.8 Å². The van der Waals surface area contributed by atoms with Gasteiger partial charge in [0.2, 0.25) is 5.91 Å². The first-order valence-corrected chi connectivity index (χ1v) is 12.1. The molecule has 0 bridgehead atoms. The highest BCUT2D eigenvalue weighted by molar-refractivity contribution is 8.00. The maximum Gasteiger partial charge on any atom is 0.234 e. The van der Waals surface area contributed by atoms with E-state index in [1.807, 2.05) is 97.9 Å². The monoisotopic (exact) mass is 473 g/mol. The van der Waals surface area contributed by atoms with Gasteiger partial charge in [-0.1, -0.05) is 78.3 Å². The summed E-state index contributed by atoms with van der Waals surface area (Å²) in [7, 11) is 0. The minimum atomic E-state index is -0.0878. The van der Waals surface area contributed by atoms with Crippen molar-refractivity contribution in [3.05, 3.63) is 125 Å². The number of anilines is 1. The summed E-state index contributed by atoms with van der Waals surface area (Å²) in [6.45, 7) is 2.02. The number of carbonyl (C=O) groups is 1. The van der Waals surface area contributed by atoms with Crippen molar-refractivity contribution in [3.63, 3.8) is 0 Å².